The van der Waals surface area contributed by atoms with Crippen LogP contribution in [-0.2, 0) is 16.1 Å². The van der Waals surface area contributed by atoms with Crippen LogP contribution in [0.2, 0.25) is 5.02 Å². The van der Waals surface area contributed by atoms with Gasteiger partial charge in [0.15, 0.2) is 17.2 Å². The fourth-order valence-electron chi connectivity index (χ4n) is 3.74. The zero-order chi connectivity index (χ0) is 24.4. The molecule has 35 heavy (non-hydrogen) atoms. The van der Waals surface area contributed by atoms with Gasteiger partial charge in [-0.25, -0.2) is 9.79 Å². The average molecular weight is 596 g/mol. The van der Waals surface area contributed by atoms with Gasteiger partial charge in [-0.2, -0.15) is 0 Å². The first kappa shape index (κ1) is 23.4. The van der Waals surface area contributed by atoms with Crippen LogP contribution in [0.5, 0.6) is 11.5 Å². The summed E-state index contributed by atoms with van der Waals surface area (Å²) >= 11 is 8.80. The Kier molecular flexibility index (Phi) is 6.74. The Labute approximate surface area is 221 Å². The Morgan fingerprint density at radius 2 is 1.77 bits per heavy atom. The van der Waals surface area contributed by atoms with Gasteiger partial charge in [0, 0.05) is 14.7 Å². The van der Waals surface area contributed by atoms with Crippen molar-refractivity contribution < 1.29 is 19.0 Å². The molecule has 1 aliphatic rings. The van der Waals surface area contributed by atoms with Crippen LogP contribution in [0.4, 0.5) is 0 Å². The number of hydrogen-bond acceptors (Lipinski definition) is 5. The number of cyclic esters (lactones) is 1. The lowest BCUT2D eigenvalue weighted by atomic mass is 10.1. The molecule has 5 nitrogen and oxygen atoms in total. The number of aliphatic imine (C=N–C) groups is 1. The highest BCUT2D eigenvalue weighted by Gasteiger charge is 2.25. The summed E-state index contributed by atoms with van der Waals surface area (Å²) in [7, 11) is 1.54. The predicted octanol–water partition coefficient (Wildman–Crippen LogP) is 7.03. The van der Waals surface area contributed by atoms with Crippen LogP contribution in [0.15, 0.2) is 89.6 Å². The van der Waals surface area contributed by atoms with Gasteiger partial charge in [-0.1, -0.05) is 60.1 Å². The van der Waals surface area contributed by atoms with Crippen LogP contribution < -0.4 is 9.47 Å². The molecule has 1 heterocycles. The molecule has 0 fully saturated rings. The van der Waals surface area contributed by atoms with E-state index in [2.05, 4.69) is 27.6 Å². The molecule has 0 saturated heterocycles. The van der Waals surface area contributed by atoms with Crippen molar-refractivity contribution in [1.29, 1.82) is 0 Å². The third-order valence-electron chi connectivity index (χ3n) is 5.50. The number of methoxy groups -OCH3 is 1. The fraction of sp³-hybridized carbons (Fsp3) is 0.0714. The van der Waals surface area contributed by atoms with Crippen molar-refractivity contribution in [2.75, 3.05) is 7.11 Å². The monoisotopic (exact) mass is 595 g/mol. The molecule has 0 spiro atoms. The summed E-state index contributed by atoms with van der Waals surface area (Å²) in [6.07, 6.45) is 1.62. The molecule has 7 heteroatoms. The zero-order valence-corrected chi connectivity index (χ0v) is 21.5. The largest absolute Gasteiger partial charge is 0.493 e. The molecule has 1 aliphatic heterocycles. The van der Waals surface area contributed by atoms with E-state index in [0.29, 0.717) is 28.7 Å². The molecule has 0 atom stereocenters. The molecule has 0 amide bonds. The minimum absolute atomic E-state index is 0.179. The predicted molar refractivity (Wildman–Crippen MR) is 146 cm³/mol. The summed E-state index contributed by atoms with van der Waals surface area (Å²) in [4.78, 5) is 17.0. The van der Waals surface area contributed by atoms with E-state index in [1.54, 1.807) is 25.3 Å². The lowest BCUT2D eigenvalue weighted by Crippen LogP contribution is -2.05. The number of rotatable bonds is 6. The summed E-state index contributed by atoms with van der Waals surface area (Å²) in [6, 6.07) is 25.2. The third-order valence-corrected chi connectivity index (χ3v) is 6.84. The SMILES string of the molecule is COc1cc(/C=C2\N=C(c3ccc4ccccc4c3)OC2=O)cc(Cl)c1OCc1ccccc1I. The van der Waals surface area contributed by atoms with E-state index in [0.717, 1.165) is 25.5 Å². The number of fused-ring (bicyclic) bond motifs is 1. The van der Waals surface area contributed by atoms with Crippen molar-refractivity contribution in [3.8, 4) is 11.5 Å². The van der Waals surface area contributed by atoms with Gasteiger partial charge in [0.05, 0.1) is 12.1 Å². The van der Waals surface area contributed by atoms with Crippen LogP contribution in [0.1, 0.15) is 16.7 Å². The van der Waals surface area contributed by atoms with E-state index in [4.69, 9.17) is 25.8 Å². The summed E-state index contributed by atoms with van der Waals surface area (Å²) in [5.74, 6) is 0.635. The molecular formula is C28H19ClINO4. The van der Waals surface area contributed by atoms with Gasteiger partial charge in [0.25, 0.3) is 0 Å². The zero-order valence-electron chi connectivity index (χ0n) is 18.6. The number of carbonyl (C=O) groups is 1. The summed E-state index contributed by atoms with van der Waals surface area (Å²) in [6.45, 7) is 0.349. The van der Waals surface area contributed by atoms with Crippen molar-refractivity contribution in [2.24, 2.45) is 4.99 Å². The van der Waals surface area contributed by atoms with Crippen LogP contribution in [0.3, 0.4) is 0 Å². The number of nitrogens with zero attached hydrogens (tertiary/aromatic N) is 1. The van der Waals surface area contributed by atoms with Gasteiger partial charge >= 0.3 is 5.97 Å². The second kappa shape index (κ2) is 10.1. The first-order valence-corrected chi connectivity index (χ1v) is 12.2. The number of halogens is 2. The van der Waals surface area contributed by atoms with Crippen molar-refractivity contribution in [3.63, 3.8) is 0 Å². The normalized spacial score (nSPS) is 14.2. The van der Waals surface area contributed by atoms with Gasteiger partial charge in [-0.05, 0) is 75.3 Å². The van der Waals surface area contributed by atoms with Gasteiger partial charge in [-0.3, -0.25) is 0 Å². The number of esters is 1. The van der Waals surface area contributed by atoms with Gasteiger partial charge in [0.2, 0.25) is 5.90 Å². The minimum Gasteiger partial charge on any atom is -0.493 e. The van der Waals surface area contributed by atoms with Gasteiger partial charge in [-0.15, -0.1) is 0 Å². The third kappa shape index (κ3) is 5.04. The van der Waals surface area contributed by atoms with E-state index in [9.17, 15) is 4.79 Å². The Morgan fingerprint density at radius 3 is 2.57 bits per heavy atom. The van der Waals surface area contributed by atoms with Crippen molar-refractivity contribution in [3.05, 3.63) is 110 Å². The molecule has 0 bridgehead atoms. The highest BCUT2D eigenvalue weighted by molar-refractivity contribution is 14.1. The van der Waals surface area contributed by atoms with Crippen molar-refractivity contribution >= 4 is 62.9 Å². The van der Waals surface area contributed by atoms with Gasteiger partial charge < -0.3 is 14.2 Å². The molecule has 0 N–H and O–H groups in total. The highest BCUT2D eigenvalue weighted by atomic mass is 127. The number of carbonyl (C=O) groups excluding carboxylic acids is 1. The fourth-order valence-corrected chi connectivity index (χ4v) is 4.56. The summed E-state index contributed by atoms with van der Waals surface area (Å²) in [5.41, 5.74) is 2.60. The average Bonchev–Trinajstić information content (AvgIpc) is 3.23. The lowest BCUT2D eigenvalue weighted by Gasteiger charge is -2.14. The molecule has 174 valence electrons. The second-order valence-electron chi connectivity index (χ2n) is 7.81. The number of benzene rings is 4. The Morgan fingerprint density at radius 1 is 1.00 bits per heavy atom. The quantitative estimate of drug-likeness (QED) is 0.136. The van der Waals surface area contributed by atoms with E-state index < -0.39 is 5.97 Å². The summed E-state index contributed by atoms with van der Waals surface area (Å²) in [5, 5.41) is 2.51. The van der Waals surface area contributed by atoms with Crippen LogP contribution in [-0.4, -0.2) is 19.0 Å². The number of ether oxygens (including phenoxy) is 3. The smallest absolute Gasteiger partial charge is 0.363 e. The maximum Gasteiger partial charge on any atom is 0.363 e. The van der Waals surface area contributed by atoms with Crippen LogP contribution in [0, 0.1) is 3.57 Å². The van der Waals surface area contributed by atoms with E-state index >= 15 is 0 Å². The molecule has 4 aromatic carbocycles. The molecule has 0 saturated carbocycles. The molecule has 5 rings (SSSR count). The van der Waals surface area contributed by atoms with E-state index in [1.165, 1.54) is 0 Å². The minimum atomic E-state index is -0.526. The van der Waals surface area contributed by atoms with Gasteiger partial charge in [0.1, 0.15) is 6.61 Å². The molecular weight excluding hydrogens is 577 g/mol. The van der Waals surface area contributed by atoms with Crippen LogP contribution >= 0.6 is 34.2 Å². The van der Waals surface area contributed by atoms with Crippen LogP contribution in [0.25, 0.3) is 16.8 Å². The maximum atomic E-state index is 12.5. The second-order valence-corrected chi connectivity index (χ2v) is 9.38. The Hall–Kier alpha value is -3.36. The molecule has 4 aromatic rings. The standard InChI is InChI=1S/C28H19ClINO4/c1-33-25-14-17(12-22(29)26(25)34-16-21-8-4-5-9-23(21)30)13-24-28(32)35-27(31-24)20-11-10-18-6-2-3-7-19(18)15-20/h2-15H,16H2,1H3/b24-13-. The first-order chi connectivity index (χ1) is 17.0. The van der Waals surface area contributed by atoms with E-state index in [1.807, 2.05) is 66.7 Å². The Bertz CT molecular complexity index is 1510. The molecule has 0 unspecified atom stereocenters. The Balaban J connectivity index is 1.42. The lowest BCUT2D eigenvalue weighted by molar-refractivity contribution is -0.129. The number of hydrogen-bond donors (Lipinski definition) is 0. The first-order valence-electron chi connectivity index (χ1n) is 10.8. The molecule has 0 aromatic heterocycles. The molecule has 0 aliphatic carbocycles. The maximum absolute atomic E-state index is 12.5. The highest BCUT2D eigenvalue weighted by Crippen LogP contribution is 2.38. The van der Waals surface area contributed by atoms with Crippen molar-refractivity contribution in [2.45, 2.75) is 6.61 Å². The molecule has 0 radical (unpaired) electrons. The van der Waals surface area contributed by atoms with E-state index in [-0.39, 0.29) is 11.6 Å². The summed E-state index contributed by atoms with van der Waals surface area (Å²) < 4.78 is 18.0. The topological polar surface area (TPSA) is 57.1 Å². The van der Waals surface area contributed by atoms with Crippen molar-refractivity contribution in [1.82, 2.24) is 0 Å².